The molecule has 2 heterocycles. The SMILES string of the molecule is CCOC(=O)C1=NN(c2ccc(OC)cc2)[C@]2(S1)c1ccccc1C(c1cccc3ccccc13)=NN2c1ccccc1. The van der Waals surface area contributed by atoms with Gasteiger partial charge in [-0.15, -0.1) is 0 Å². The van der Waals surface area contributed by atoms with Gasteiger partial charge in [-0.25, -0.2) is 14.8 Å². The van der Waals surface area contributed by atoms with Crippen molar-refractivity contribution in [1.82, 2.24) is 0 Å². The number of anilines is 2. The molecule has 7 rings (SSSR count). The van der Waals surface area contributed by atoms with E-state index in [-0.39, 0.29) is 11.7 Å². The van der Waals surface area contributed by atoms with Gasteiger partial charge in [0.25, 0.3) is 0 Å². The topological polar surface area (TPSA) is 66.7 Å². The third-order valence-corrected chi connectivity index (χ3v) is 8.84. The quantitative estimate of drug-likeness (QED) is 0.194. The fourth-order valence-electron chi connectivity index (χ4n) is 5.63. The molecule has 212 valence electrons. The number of rotatable bonds is 6. The Hall–Kier alpha value is -5.08. The van der Waals surface area contributed by atoms with Crippen molar-refractivity contribution in [3.8, 4) is 5.75 Å². The first-order valence-electron chi connectivity index (χ1n) is 14.0. The zero-order valence-electron chi connectivity index (χ0n) is 23.7. The van der Waals surface area contributed by atoms with Gasteiger partial charge in [0.05, 0.1) is 30.8 Å². The summed E-state index contributed by atoms with van der Waals surface area (Å²) in [6.45, 7) is 2.04. The molecule has 1 spiro atoms. The van der Waals surface area contributed by atoms with E-state index < -0.39 is 11.0 Å². The Morgan fingerprint density at radius 2 is 1.40 bits per heavy atom. The van der Waals surface area contributed by atoms with Crippen molar-refractivity contribution in [3.05, 3.63) is 138 Å². The molecule has 8 heteroatoms. The van der Waals surface area contributed by atoms with Crippen LogP contribution in [0.15, 0.2) is 132 Å². The Labute approximate surface area is 254 Å². The van der Waals surface area contributed by atoms with E-state index in [2.05, 4.69) is 48.5 Å². The lowest BCUT2D eigenvalue weighted by Crippen LogP contribution is -2.54. The molecule has 0 radical (unpaired) electrons. The number of thioether (sulfide) groups is 1. The van der Waals surface area contributed by atoms with Crippen LogP contribution in [-0.2, 0) is 14.5 Å². The molecule has 0 amide bonds. The molecule has 0 bridgehead atoms. The monoisotopic (exact) mass is 584 g/mol. The van der Waals surface area contributed by atoms with E-state index in [0.717, 1.165) is 50.3 Å². The van der Waals surface area contributed by atoms with E-state index in [0.29, 0.717) is 0 Å². The zero-order chi connectivity index (χ0) is 29.4. The number of para-hydroxylation sites is 1. The number of hydrogen-bond acceptors (Lipinski definition) is 8. The number of hydrogen-bond donors (Lipinski definition) is 0. The molecule has 0 aliphatic carbocycles. The van der Waals surface area contributed by atoms with Gasteiger partial charge in [0.1, 0.15) is 5.75 Å². The summed E-state index contributed by atoms with van der Waals surface area (Å²) in [5.74, 6) is 0.247. The summed E-state index contributed by atoms with van der Waals surface area (Å²) in [4.78, 5) is 12.2. The Bertz CT molecular complexity index is 1890. The Balaban J connectivity index is 1.52. The van der Waals surface area contributed by atoms with E-state index in [1.165, 1.54) is 11.8 Å². The summed E-state index contributed by atoms with van der Waals surface area (Å²) in [6.07, 6.45) is 0. The fourth-order valence-corrected chi connectivity index (χ4v) is 6.92. The van der Waals surface area contributed by atoms with Crippen LogP contribution in [0.2, 0.25) is 0 Å². The summed E-state index contributed by atoms with van der Waals surface area (Å²) in [5.41, 5.74) is 5.37. The predicted octanol–water partition coefficient (Wildman–Crippen LogP) is 7.36. The van der Waals surface area contributed by atoms with Crippen molar-refractivity contribution in [2.45, 2.75) is 11.9 Å². The van der Waals surface area contributed by atoms with Crippen LogP contribution in [0.4, 0.5) is 11.4 Å². The summed E-state index contributed by atoms with van der Waals surface area (Å²) in [6, 6.07) is 40.5. The van der Waals surface area contributed by atoms with Gasteiger partial charge in [0.15, 0.2) is 0 Å². The number of ether oxygens (including phenoxy) is 2. The minimum atomic E-state index is -1.08. The first-order valence-corrected chi connectivity index (χ1v) is 14.9. The maximum Gasteiger partial charge on any atom is 0.365 e. The maximum atomic E-state index is 13.3. The third kappa shape index (κ3) is 4.42. The van der Waals surface area contributed by atoms with Crippen LogP contribution in [0.3, 0.4) is 0 Å². The highest BCUT2D eigenvalue weighted by atomic mass is 32.2. The number of carbonyl (C=O) groups is 1. The number of nitrogens with zero attached hydrogens (tertiary/aromatic N) is 4. The predicted molar refractivity (Wildman–Crippen MR) is 174 cm³/mol. The van der Waals surface area contributed by atoms with Crippen LogP contribution in [-0.4, -0.2) is 30.4 Å². The average molecular weight is 585 g/mol. The lowest BCUT2D eigenvalue weighted by molar-refractivity contribution is -0.134. The first-order chi connectivity index (χ1) is 21.1. The van der Waals surface area contributed by atoms with Crippen LogP contribution >= 0.6 is 11.8 Å². The van der Waals surface area contributed by atoms with Gasteiger partial charge in [-0.3, -0.25) is 0 Å². The van der Waals surface area contributed by atoms with Crippen molar-refractivity contribution in [1.29, 1.82) is 0 Å². The minimum absolute atomic E-state index is 0.246. The summed E-state index contributed by atoms with van der Waals surface area (Å²) in [7, 11) is 1.64. The molecule has 0 saturated carbocycles. The molecule has 2 aliphatic heterocycles. The summed E-state index contributed by atoms with van der Waals surface area (Å²) >= 11 is 1.33. The average Bonchev–Trinajstić information content (AvgIpc) is 3.46. The second-order valence-corrected chi connectivity index (χ2v) is 11.2. The Kier molecular flexibility index (Phi) is 6.83. The van der Waals surface area contributed by atoms with Gasteiger partial charge in [-0.1, -0.05) is 84.9 Å². The molecule has 43 heavy (non-hydrogen) atoms. The maximum absolute atomic E-state index is 13.3. The lowest BCUT2D eigenvalue weighted by atomic mass is 9.91. The zero-order valence-corrected chi connectivity index (χ0v) is 24.5. The van der Waals surface area contributed by atoms with Gasteiger partial charge in [0, 0.05) is 16.7 Å². The first kappa shape index (κ1) is 26.8. The van der Waals surface area contributed by atoms with Gasteiger partial charge in [-0.2, -0.15) is 10.2 Å². The lowest BCUT2D eigenvalue weighted by Gasteiger charge is -2.47. The molecule has 0 fully saturated rings. The van der Waals surface area contributed by atoms with Crippen molar-refractivity contribution >= 4 is 50.6 Å². The van der Waals surface area contributed by atoms with Crippen molar-refractivity contribution < 1.29 is 14.3 Å². The van der Waals surface area contributed by atoms with Gasteiger partial charge in [0.2, 0.25) is 10.0 Å². The van der Waals surface area contributed by atoms with Crippen LogP contribution in [0, 0.1) is 0 Å². The summed E-state index contributed by atoms with van der Waals surface area (Å²) < 4.78 is 10.9. The van der Waals surface area contributed by atoms with Crippen LogP contribution in [0.1, 0.15) is 23.6 Å². The molecule has 7 nitrogen and oxygen atoms in total. The number of methoxy groups -OCH3 is 1. The molecule has 0 aromatic heterocycles. The van der Waals surface area contributed by atoms with Crippen LogP contribution in [0.5, 0.6) is 5.75 Å². The van der Waals surface area contributed by atoms with E-state index in [9.17, 15) is 4.79 Å². The van der Waals surface area contributed by atoms with Gasteiger partial charge < -0.3 is 9.47 Å². The van der Waals surface area contributed by atoms with Crippen molar-refractivity contribution in [2.24, 2.45) is 10.2 Å². The smallest absolute Gasteiger partial charge is 0.365 e. The Morgan fingerprint density at radius 1 is 0.744 bits per heavy atom. The second-order valence-electron chi connectivity index (χ2n) is 10.0. The van der Waals surface area contributed by atoms with Crippen molar-refractivity contribution in [3.63, 3.8) is 0 Å². The summed E-state index contributed by atoms with van der Waals surface area (Å²) in [5, 5.41) is 16.7. The number of fused-ring (bicyclic) bond motifs is 3. The van der Waals surface area contributed by atoms with Crippen LogP contribution in [0.25, 0.3) is 10.8 Å². The number of esters is 1. The van der Waals surface area contributed by atoms with E-state index in [4.69, 9.17) is 19.7 Å². The second kappa shape index (κ2) is 11.0. The molecule has 2 aliphatic rings. The highest BCUT2D eigenvalue weighted by Crippen LogP contribution is 2.55. The molecular formula is C35H28N4O3S. The highest BCUT2D eigenvalue weighted by molar-refractivity contribution is 8.16. The molecule has 1 atom stereocenters. The van der Waals surface area contributed by atoms with E-state index in [1.807, 2.05) is 82.8 Å². The standard InChI is InChI=1S/C35H28N4O3S/c1-3-42-34(40)33-37-39(26-20-22-27(41-2)23-21-26)35(43-33)31-19-10-9-17-30(31)32(36-38(35)25-14-5-4-6-15-25)29-18-11-13-24-12-7-8-16-28(24)29/h4-23H,3H2,1-2H3/t35-/m0/s1. The molecule has 5 aromatic rings. The number of hydrazone groups is 2. The molecular weight excluding hydrogens is 556 g/mol. The Morgan fingerprint density at radius 3 is 2.19 bits per heavy atom. The minimum Gasteiger partial charge on any atom is -0.497 e. The van der Waals surface area contributed by atoms with Gasteiger partial charge in [-0.05, 0) is 65.9 Å². The largest absolute Gasteiger partial charge is 0.497 e. The molecule has 5 aromatic carbocycles. The van der Waals surface area contributed by atoms with E-state index in [1.54, 1.807) is 14.0 Å². The molecule has 0 N–H and O–H groups in total. The fraction of sp³-hybridized carbons (Fsp3) is 0.114. The number of carbonyl (C=O) groups excluding carboxylic acids is 1. The van der Waals surface area contributed by atoms with Gasteiger partial charge >= 0.3 is 5.97 Å². The molecule has 0 saturated heterocycles. The normalized spacial score (nSPS) is 17.4. The van der Waals surface area contributed by atoms with Crippen LogP contribution < -0.4 is 14.8 Å². The number of benzene rings is 5. The van der Waals surface area contributed by atoms with E-state index >= 15 is 0 Å². The molecule has 0 unspecified atom stereocenters. The van der Waals surface area contributed by atoms with Crippen molar-refractivity contribution in [2.75, 3.05) is 23.7 Å². The highest BCUT2D eigenvalue weighted by Gasteiger charge is 2.56. The third-order valence-electron chi connectivity index (χ3n) is 7.55.